The molecule has 0 aromatic heterocycles. The van der Waals surface area contributed by atoms with Crippen molar-refractivity contribution in [3.05, 3.63) is 65.2 Å². The number of hydrogen-bond donors (Lipinski definition) is 2. The van der Waals surface area contributed by atoms with Gasteiger partial charge in [0.1, 0.15) is 5.75 Å². The molecule has 1 heterocycles. The number of ether oxygens (including phenoxy) is 1. The highest BCUT2D eigenvalue weighted by atomic mass is 32.2. The first-order valence-corrected chi connectivity index (χ1v) is 8.76. The number of amides is 1. The number of nitrogens with one attached hydrogen (secondary N) is 1. The Balaban J connectivity index is 1.65. The van der Waals surface area contributed by atoms with Gasteiger partial charge in [-0.05, 0) is 65.4 Å². The van der Waals surface area contributed by atoms with Crippen molar-refractivity contribution < 1.29 is 14.7 Å². The predicted octanol–water partition coefficient (Wildman–Crippen LogP) is 3.28. The summed E-state index contributed by atoms with van der Waals surface area (Å²) in [6.45, 7) is 1.85. The van der Waals surface area contributed by atoms with Crippen LogP contribution in [-0.4, -0.2) is 29.1 Å². The number of fused-ring (bicyclic) bond motifs is 1. The maximum atomic E-state index is 11.1. The van der Waals surface area contributed by atoms with Crippen LogP contribution in [0.1, 0.15) is 16.7 Å². The van der Waals surface area contributed by atoms with Crippen molar-refractivity contribution in [2.45, 2.75) is 17.9 Å². The molecule has 25 heavy (non-hydrogen) atoms. The molecule has 1 aliphatic rings. The van der Waals surface area contributed by atoms with E-state index in [1.54, 1.807) is 30.6 Å². The molecule has 1 aliphatic heterocycles. The van der Waals surface area contributed by atoms with Gasteiger partial charge in [0.05, 0.1) is 7.11 Å². The van der Waals surface area contributed by atoms with Gasteiger partial charge in [-0.15, -0.1) is 0 Å². The molecule has 1 amide bonds. The lowest BCUT2D eigenvalue weighted by Crippen LogP contribution is -2.24. The zero-order chi connectivity index (χ0) is 17.6. The van der Waals surface area contributed by atoms with Gasteiger partial charge in [-0.25, -0.2) is 9.79 Å². The summed E-state index contributed by atoms with van der Waals surface area (Å²) < 4.78 is 7.54. The molecule has 0 bridgehead atoms. The molecule has 5 nitrogen and oxygen atoms in total. The van der Waals surface area contributed by atoms with E-state index in [-0.39, 0.29) is 0 Å². The third kappa shape index (κ3) is 4.63. The Morgan fingerprint density at radius 3 is 2.76 bits per heavy atom. The van der Waals surface area contributed by atoms with E-state index in [9.17, 15) is 4.79 Å². The van der Waals surface area contributed by atoms with E-state index in [4.69, 9.17) is 9.94 Å². The van der Waals surface area contributed by atoms with Crippen molar-refractivity contribution >= 4 is 23.9 Å². The molecule has 0 atom stereocenters. The highest BCUT2D eigenvalue weighted by Gasteiger charge is 2.17. The summed E-state index contributed by atoms with van der Waals surface area (Å²) in [5, 5.41) is 8.52. The second-order valence-corrected chi connectivity index (χ2v) is 6.89. The third-order valence-corrected chi connectivity index (χ3v) is 5.09. The highest BCUT2D eigenvalue weighted by Crippen LogP contribution is 2.30. The number of methoxy groups -OCH3 is 1. The third-order valence-electron chi connectivity index (χ3n) is 4.04. The Kier molecular flexibility index (Phi) is 5.75. The number of carbonyl (C=O) groups excluding carboxylic acids is 1. The molecule has 6 heteroatoms. The zero-order valence-corrected chi connectivity index (χ0v) is 14.8. The van der Waals surface area contributed by atoms with Crippen molar-refractivity contribution in [3.8, 4) is 5.75 Å². The second-order valence-electron chi connectivity index (χ2n) is 5.72. The first kappa shape index (κ1) is 17.5. The number of carbonyl (C=O) groups is 1. The van der Waals surface area contributed by atoms with E-state index >= 15 is 0 Å². The number of rotatable bonds is 5. The molecule has 0 fully saturated rings. The molecule has 0 unspecified atom stereocenters. The summed E-state index contributed by atoms with van der Waals surface area (Å²) in [7, 11) is 1.67. The summed E-state index contributed by atoms with van der Waals surface area (Å²) in [6, 6.07) is 14.3. The topological polar surface area (TPSA) is 61.8 Å². The first-order chi connectivity index (χ1) is 12.2. The van der Waals surface area contributed by atoms with E-state index in [1.165, 1.54) is 22.1 Å². The molecule has 0 spiro atoms. The fourth-order valence-corrected chi connectivity index (χ4v) is 3.67. The minimum atomic E-state index is -0.528. The van der Waals surface area contributed by atoms with Gasteiger partial charge < -0.3 is 4.74 Å². The summed E-state index contributed by atoms with van der Waals surface area (Å²) in [5.41, 5.74) is 5.15. The monoisotopic (exact) mass is 356 g/mol. The largest absolute Gasteiger partial charge is 0.497 e. The second kappa shape index (κ2) is 8.20. The van der Waals surface area contributed by atoms with E-state index < -0.39 is 5.91 Å². The van der Waals surface area contributed by atoms with Crippen molar-refractivity contribution in [3.63, 3.8) is 0 Å². The summed E-state index contributed by atoms with van der Waals surface area (Å²) in [6.07, 6.45) is 3.98. The Bertz CT molecular complexity index is 775. The van der Waals surface area contributed by atoms with Crippen molar-refractivity contribution in [1.82, 2.24) is 9.79 Å². The van der Waals surface area contributed by atoms with Gasteiger partial charge in [0, 0.05) is 24.1 Å². The van der Waals surface area contributed by atoms with E-state index in [1.807, 2.05) is 18.2 Å². The summed E-state index contributed by atoms with van der Waals surface area (Å²) >= 11 is 1.75. The van der Waals surface area contributed by atoms with Gasteiger partial charge in [0.2, 0.25) is 0 Å². The molecule has 0 radical (unpaired) electrons. The Hall–Kier alpha value is -2.28. The van der Waals surface area contributed by atoms with Gasteiger partial charge in [-0.1, -0.05) is 18.2 Å². The van der Waals surface area contributed by atoms with Crippen LogP contribution in [-0.2, 0) is 17.8 Å². The number of nitrogens with zero attached hydrogens (tertiary/aromatic N) is 1. The average Bonchev–Trinajstić information content (AvgIpc) is 2.66. The lowest BCUT2D eigenvalue weighted by Gasteiger charge is -2.27. The molecule has 3 rings (SSSR count). The Labute approximate surface area is 151 Å². The predicted molar refractivity (Wildman–Crippen MR) is 98.4 cm³/mol. The van der Waals surface area contributed by atoms with Crippen LogP contribution in [0.15, 0.2) is 53.4 Å². The summed E-state index contributed by atoms with van der Waals surface area (Å²) in [5.74, 6) is 0.337. The normalized spacial score (nSPS) is 14.3. The molecular weight excluding hydrogens is 336 g/mol. The van der Waals surface area contributed by atoms with Crippen LogP contribution < -0.4 is 10.2 Å². The lowest BCUT2D eigenvalue weighted by molar-refractivity contribution is -0.124. The number of benzene rings is 2. The van der Waals surface area contributed by atoms with Crippen LogP contribution >= 0.6 is 11.9 Å². The average molecular weight is 356 g/mol. The van der Waals surface area contributed by atoms with Crippen molar-refractivity contribution in [2.75, 3.05) is 13.7 Å². The lowest BCUT2D eigenvalue weighted by atomic mass is 9.98. The number of hydrogen-bond acceptors (Lipinski definition) is 5. The van der Waals surface area contributed by atoms with Crippen LogP contribution in [0.2, 0.25) is 0 Å². The van der Waals surface area contributed by atoms with Crippen LogP contribution in [0.25, 0.3) is 6.08 Å². The Morgan fingerprint density at radius 1 is 1.24 bits per heavy atom. The highest BCUT2D eigenvalue weighted by molar-refractivity contribution is 7.97. The minimum absolute atomic E-state index is 0.528. The van der Waals surface area contributed by atoms with Gasteiger partial charge in [0.15, 0.2) is 0 Å². The molecule has 0 saturated carbocycles. The van der Waals surface area contributed by atoms with E-state index in [0.717, 1.165) is 30.8 Å². The van der Waals surface area contributed by atoms with Crippen LogP contribution in [0.4, 0.5) is 0 Å². The fraction of sp³-hybridized carbons (Fsp3) is 0.211. The fourth-order valence-electron chi connectivity index (χ4n) is 2.72. The quantitative estimate of drug-likeness (QED) is 0.373. The summed E-state index contributed by atoms with van der Waals surface area (Å²) in [4.78, 5) is 12.3. The van der Waals surface area contributed by atoms with Crippen LogP contribution in [0, 0.1) is 0 Å². The smallest absolute Gasteiger partial charge is 0.267 e. The van der Waals surface area contributed by atoms with E-state index in [0.29, 0.717) is 0 Å². The van der Waals surface area contributed by atoms with Crippen molar-refractivity contribution in [2.24, 2.45) is 0 Å². The first-order valence-electron chi connectivity index (χ1n) is 7.99. The van der Waals surface area contributed by atoms with Gasteiger partial charge >= 0.3 is 0 Å². The molecule has 0 saturated heterocycles. The van der Waals surface area contributed by atoms with Gasteiger partial charge in [-0.2, -0.15) is 0 Å². The van der Waals surface area contributed by atoms with E-state index in [2.05, 4.69) is 28.6 Å². The zero-order valence-electron chi connectivity index (χ0n) is 13.9. The Morgan fingerprint density at radius 2 is 2.04 bits per heavy atom. The molecule has 2 aromatic rings. The molecule has 0 aliphatic carbocycles. The van der Waals surface area contributed by atoms with Gasteiger partial charge in [-0.3, -0.25) is 10.0 Å². The molecule has 130 valence electrons. The SMILES string of the molecule is COc1ccc(SN2CCc3cc(/C=C/C(=O)NO)ccc3C2)cc1. The maximum absolute atomic E-state index is 11.1. The van der Waals surface area contributed by atoms with Crippen LogP contribution in [0.5, 0.6) is 5.75 Å². The van der Waals surface area contributed by atoms with Crippen molar-refractivity contribution in [1.29, 1.82) is 0 Å². The number of hydroxylamine groups is 1. The molecule has 2 N–H and O–H groups in total. The standard InChI is InChI=1S/C19H20N2O3S/c1-24-17-5-7-18(8-6-17)25-21-11-10-15-12-14(2-4-16(15)13-21)3-9-19(22)20-23/h2-9,12,23H,10-11,13H2,1H3,(H,20,22)/b9-3+. The van der Waals surface area contributed by atoms with Gasteiger partial charge in [0.25, 0.3) is 5.91 Å². The van der Waals surface area contributed by atoms with Crippen LogP contribution in [0.3, 0.4) is 0 Å². The molecular formula is C19H20N2O3S. The maximum Gasteiger partial charge on any atom is 0.267 e. The minimum Gasteiger partial charge on any atom is -0.497 e. The molecule has 2 aromatic carbocycles.